The second-order valence-corrected chi connectivity index (χ2v) is 3.50. The van der Waals surface area contributed by atoms with Gasteiger partial charge in [0.1, 0.15) is 0 Å². The number of hydrogen-bond acceptors (Lipinski definition) is 4. The van der Waals surface area contributed by atoms with Gasteiger partial charge in [-0.25, -0.2) is 14.3 Å². The number of hydrogen-bond donors (Lipinski definition) is 2. The Morgan fingerprint density at radius 2 is 1.44 bits per heavy atom. The standard InChI is InChI=1S/C9H7FN4O4/c1-4-2-13(8(17)11-6(4)15)14-3-5(10)7(16)12-9(14)18/h2-3H,1H3,(H,11,15,17)(H,12,16,18). The summed E-state index contributed by atoms with van der Waals surface area (Å²) in [5.41, 5.74) is -3.60. The van der Waals surface area contributed by atoms with E-state index in [0.717, 1.165) is 6.20 Å². The molecule has 0 aliphatic rings. The van der Waals surface area contributed by atoms with Gasteiger partial charge in [0.05, 0.1) is 6.20 Å². The van der Waals surface area contributed by atoms with Gasteiger partial charge in [0, 0.05) is 11.8 Å². The van der Waals surface area contributed by atoms with Gasteiger partial charge in [-0.2, -0.15) is 9.07 Å². The fourth-order valence-electron chi connectivity index (χ4n) is 1.31. The average Bonchev–Trinajstić information content (AvgIpc) is 2.29. The number of aromatic nitrogens is 4. The van der Waals surface area contributed by atoms with E-state index in [1.54, 1.807) is 4.98 Å². The molecule has 8 nitrogen and oxygen atoms in total. The van der Waals surface area contributed by atoms with E-state index in [9.17, 15) is 23.6 Å². The maximum Gasteiger partial charge on any atom is 0.347 e. The van der Waals surface area contributed by atoms with Crippen LogP contribution in [0.5, 0.6) is 0 Å². The van der Waals surface area contributed by atoms with Crippen LogP contribution in [0.3, 0.4) is 0 Å². The second kappa shape index (κ2) is 3.95. The highest BCUT2D eigenvalue weighted by atomic mass is 19.1. The molecule has 0 fully saturated rings. The quantitative estimate of drug-likeness (QED) is 0.622. The molecular formula is C9H7FN4O4. The molecular weight excluding hydrogens is 247 g/mol. The summed E-state index contributed by atoms with van der Waals surface area (Å²) in [5.74, 6) is -1.23. The molecule has 0 radical (unpaired) electrons. The van der Waals surface area contributed by atoms with Crippen molar-refractivity contribution in [3.05, 3.63) is 65.5 Å². The highest BCUT2D eigenvalue weighted by Gasteiger charge is 2.08. The van der Waals surface area contributed by atoms with Crippen molar-refractivity contribution in [3.63, 3.8) is 0 Å². The molecule has 0 aliphatic heterocycles. The normalized spacial score (nSPS) is 10.6. The predicted octanol–water partition coefficient (Wildman–Crippen LogP) is -1.85. The number of H-pyrrole nitrogens is 2. The summed E-state index contributed by atoms with van der Waals surface area (Å²) in [4.78, 5) is 48.5. The minimum Gasteiger partial charge on any atom is -0.272 e. The van der Waals surface area contributed by atoms with Crippen LogP contribution in [0.25, 0.3) is 0 Å². The zero-order valence-corrected chi connectivity index (χ0v) is 9.06. The summed E-state index contributed by atoms with van der Waals surface area (Å²) in [6.45, 7) is 1.40. The van der Waals surface area contributed by atoms with Crippen LogP contribution in [-0.4, -0.2) is 19.3 Å². The lowest BCUT2D eigenvalue weighted by atomic mass is 10.4. The SMILES string of the molecule is Cc1cn(-n2cc(F)c(=O)[nH]c2=O)c(=O)[nH]c1=O. The summed E-state index contributed by atoms with van der Waals surface area (Å²) in [6, 6.07) is 0. The van der Waals surface area contributed by atoms with E-state index in [-0.39, 0.29) is 5.56 Å². The van der Waals surface area contributed by atoms with Gasteiger partial charge in [-0.1, -0.05) is 0 Å². The fourth-order valence-corrected chi connectivity index (χ4v) is 1.31. The zero-order valence-electron chi connectivity index (χ0n) is 9.06. The van der Waals surface area contributed by atoms with Crippen molar-refractivity contribution in [2.24, 2.45) is 0 Å². The molecule has 2 N–H and O–H groups in total. The lowest BCUT2D eigenvalue weighted by molar-refractivity contribution is 0.512. The van der Waals surface area contributed by atoms with Crippen LogP contribution in [-0.2, 0) is 0 Å². The molecule has 18 heavy (non-hydrogen) atoms. The summed E-state index contributed by atoms with van der Waals surface area (Å²) in [7, 11) is 0. The van der Waals surface area contributed by atoms with Crippen molar-refractivity contribution in [1.82, 2.24) is 19.3 Å². The van der Waals surface area contributed by atoms with Gasteiger partial charge in [0.25, 0.3) is 11.1 Å². The number of halogens is 1. The van der Waals surface area contributed by atoms with Crippen LogP contribution in [0, 0.1) is 12.7 Å². The third-order valence-electron chi connectivity index (χ3n) is 2.22. The Bertz CT molecular complexity index is 770. The van der Waals surface area contributed by atoms with E-state index in [0.29, 0.717) is 15.5 Å². The highest BCUT2D eigenvalue weighted by Crippen LogP contribution is 1.86. The third-order valence-corrected chi connectivity index (χ3v) is 2.22. The average molecular weight is 254 g/mol. The van der Waals surface area contributed by atoms with Gasteiger partial charge < -0.3 is 0 Å². The van der Waals surface area contributed by atoms with Crippen LogP contribution in [0.1, 0.15) is 5.56 Å². The van der Waals surface area contributed by atoms with Crippen molar-refractivity contribution in [3.8, 4) is 0 Å². The molecule has 0 atom stereocenters. The first-order valence-electron chi connectivity index (χ1n) is 4.75. The predicted molar refractivity (Wildman–Crippen MR) is 58.1 cm³/mol. The molecule has 0 saturated heterocycles. The smallest absolute Gasteiger partial charge is 0.272 e. The maximum absolute atomic E-state index is 13.1. The first kappa shape index (κ1) is 11.8. The van der Waals surface area contributed by atoms with Crippen LogP contribution in [0.15, 0.2) is 31.6 Å². The topological polar surface area (TPSA) is 110 Å². The first-order valence-corrected chi connectivity index (χ1v) is 4.75. The van der Waals surface area contributed by atoms with Gasteiger partial charge in [-0.05, 0) is 6.92 Å². The van der Waals surface area contributed by atoms with E-state index in [1.165, 1.54) is 6.92 Å². The van der Waals surface area contributed by atoms with Gasteiger partial charge in [0.2, 0.25) is 5.82 Å². The van der Waals surface area contributed by atoms with E-state index in [4.69, 9.17) is 0 Å². The zero-order chi connectivity index (χ0) is 13.4. The summed E-state index contributed by atoms with van der Waals surface area (Å²) in [6.07, 6.45) is 1.61. The van der Waals surface area contributed by atoms with Crippen molar-refractivity contribution in [1.29, 1.82) is 0 Å². The van der Waals surface area contributed by atoms with Gasteiger partial charge in [-0.15, -0.1) is 0 Å². The van der Waals surface area contributed by atoms with Crippen molar-refractivity contribution < 1.29 is 4.39 Å². The molecule has 0 spiro atoms. The summed E-state index contributed by atoms with van der Waals surface area (Å²) < 4.78 is 14.3. The molecule has 0 unspecified atom stereocenters. The van der Waals surface area contributed by atoms with Crippen LogP contribution < -0.4 is 22.5 Å². The van der Waals surface area contributed by atoms with Gasteiger partial charge in [0.15, 0.2) is 0 Å². The molecule has 2 rings (SSSR count). The Morgan fingerprint density at radius 1 is 0.944 bits per heavy atom. The minimum absolute atomic E-state index is 0.146. The number of rotatable bonds is 1. The Kier molecular flexibility index (Phi) is 2.58. The summed E-state index contributed by atoms with van der Waals surface area (Å²) in [5, 5.41) is 0. The van der Waals surface area contributed by atoms with E-state index >= 15 is 0 Å². The molecule has 0 aromatic carbocycles. The molecule has 0 bridgehead atoms. The van der Waals surface area contributed by atoms with E-state index in [2.05, 4.69) is 0 Å². The van der Waals surface area contributed by atoms with Crippen LogP contribution in [0.2, 0.25) is 0 Å². The Labute approximate surface area is 96.9 Å². The molecule has 0 aliphatic carbocycles. The third kappa shape index (κ3) is 1.81. The second-order valence-electron chi connectivity index (χ2n) is 3.50. The lowest BCUT2D eigenvalue weighted by Gasteiger charge is -2.07. The van der Waals surface area contributed by atoms with Crippen LogP contribution in [0.4, 0.5) is 4.39 Å². The Hall–Kier alpha value is -2.71. The largest absolute Gasteiger partial charge is 0.347 e. The van der Waals surface area contributed by atoms with Crippen LogP contribution >= 0.6 is 0 Å². The molecule has 9 heteroatoms. The number of nitrogens with one attached hydrogen (secondary N) is 2. The molecule has 2 aromatic heterocycles. The van der Waals surface area contributed by atoms with Crippen molar-refractivity contribution in [2.45, 2.75) is 6.92 Å². The molecule has 2 heterocycles. The molecule has 0 amide bonds. The Morgan fingerprint density at radius 3 is 2.06 bits per heavy atom. The highest BCUT2D eigenvalue weighted by molar-refractivity contribution is 5.01. The fraction of sp³-hybridized carbons (Fsp3) is 0.111. The Balaban J connectivity index is 2.86. The first-order chi connectivity index (χ1) is 8.40. The van der Waals surface area contributed by atoms with Gasteiger partial charge in [-0.3, -0.25) is 19.6 Å². The minimum atomic E-state index is -1.23. The lowest BCUT2D eigenvalue weighted by Crippen LogP contribution is -2.42. The molecule has 0 saturated carbocycles. The van der Waals surface area contributed by atoms with E-state index < -0.39 is 28.3 Å². The van der Waals surface area contributed by atoms with Crippen molar-refractivity contribution in [2.75, 3.05) is 0 Å². The number of aromatic amines is 2. The maximum atomic E-state index is 13.1. The van der Waals surface area contributed by atoms with Gasteiger partial charge >= 0.3 is 11.4 Å². The van der Waals surface area contributed by atoms with Crippen molar-refractivity contribution >= 4 is 0 Å². The summed E-state index contributed by atoms with van der Waals surface area (Å²) >= 11 is 0. The molecule has 94 valence electrons. The molecule has 2 aromatic rings. The van der Waals surface area contributed by atoms with E-state index in [1.807, 2.05) is 4.98 Å². The monoisotopic (exact) mass is 254 g/mol. The number of aryl methyl sites for hydroxylation is 1. The number of nitrogens with zero attached hydrogens (tertiary/aromatic N) is 2.